The minimum absolute atomic E-state index is 0. The van der Waals surface area contributed by atoms with Gasteiger partial charge in [-0.05, 0) is 42.0 Å². The molecule has 1 aliphatic rings. The maximum atomic E-state index is 13.6. The second kappa shape index (κ2) is 11.7. The highest BCUT2D eigenvalue weighted by Gasteiger charge is 2.32. The lowest BCUT2D eigenvalue weighted by atomic mass is 10.1. The number of nitro groups is 1. The average Bonchev–Trinajstić information content (AvgIpc) is 2.91. The van der Waals surface area contributed by atoms with Gasteiger partial charge in [-0.3, -0.25) is 24.3 Å². The van der Waals surface area contributed by atoms with Gasteiger partial charge in [0.1, 0.15) is 5.69 Å². The van der Waals surface area contributed by atoms with Crippen LogP contribution in [-0.2, 0) is 6.54 Å². The summed E-state index contributed by atoms with van der Waals surface area (Å²) in [6, 6.07) is 19.0. The lowest BCUT2D eigenvalue weighted by molar-refractivity contribution is -0.385. The first kappa shape index (κ1) is 28.4. The molecule has 0 bridgehead atoms. The van der Waals surface area contributed by atoms with Gasteiger partial charge in [-0.1, -0.05) is 72.6 Å². The maximum Gasteiger partial charge on any atom is 0.357 e. The van der Waals surface area contributed by atoms with Crippen LogP contribution in [0.5, 0.6) is 0 Å². The van der Waals surface area contributed by atoms with E-state index in [9.17, 15) is 19.7 Å². The molecule has 1 aliphatic heterocycles. The van der Waals surface area contributed by atoms with Crippen molar-refractivity contribution in [3.63, 3.8) is 0 Å². The molecule has 3 aromatic carbocycles. The van der Waals surface area contributed by atoms with Crippen molar-refractivity contribution < 1.29 is 9.72 Å². The van der Waals surface area contributed by atoms with Gasteiger partial charge in [0.25, 0.3) is 5.91 Å². The molecule has 1 aromatic heterocycles. The molecule has 5 rings (SSSR count). The van der Waals surface area contributed by atoms with E-state index < -0.39 is 16.2 Å². The van der Waals surface area contributed by atoms with Gasteiger partial charge in [0.2, 0.25) is 0 Å². The summed E-state index contributed by atoms with van der Waals surface area (Å²) in [6.07, 6.45) is 0. The second-order valence-corrected chi connectivity index (χ2v) is 10.2. The smallest absolute Gasteiger partial charge is 0.357 e. The zero-order valence-corrected chi connectivity index (χ0v) is 22.2. The fraction of sp³-hybridized carbons (Fsp3) is 0.214. The van der Waals surface area contributed by atoms with E-state index in [0.29, 0.717) is 39.6 Å². The highest BCUT2D eigenvalue weighted by molar-refractivity contribution is 6.42. The van der Waals surface area contributed by atoms with Crippen molar-refractivity contribution in [2.24, 2.45) is 0 Å². The molecular formula is C28H25Cl3N4O4. The third-order valence-electron chi connectivity index (χ3n) is 6.59. The third kappa shape index (κ3) is 5.59. The Labute approximate surface area is 240 Å². The number of hydrogen-bond donors (Lipinski definition) is 0. The second-order valence-electron chi connectivity index (χ2n) is 8.90. The Kier molecular flexibility index (Phi) is 8.49. The summed E-state index contributed by atoms with van der Waals surface area (Å²) >= 11 is 18.4. The van der Waals surface area contributed by atoms with E-state index in [1.54, 1.807) is 40.1 Å². The van der Waals surface area contributed by atoms with Gasteiger partial charge < -0.3 is 9.80 Å². The van der Waals surface area contributed by atoms with Crippen molar-refractivity contribution in [2.75, 3.05) is 31.1 Å². The van der Waals surface area contributed by atoms with Crippen molar-refractivity contribution in [1.82, 2.24) is 9.47 Å². The standard InChI is InChI=1S/C27H21Cl3N4O4.CH4/c28-19-7-9-23-20(15-19)24(25(34(37)38)27(36)33(23)16-17-4-2-1-3-5-17)31-10-12-32(13-11-31)26(35)18-6-8-21(29)22(30)14-18;/h1-9,14-15H,10-13,16H2;1H4. The molecule has 0 atom stereocenters. The van der Waals surface area contributed by atoms with Crippen LogP contribution >= 0.6 is 34.8 Å². The SMILES string of the molecule is C.O=C(c1ccc(Cl)c(Cl)c1)N1CCN(c2c([N+](=O)[O-])c(=O)n(Cc3ccccc3)c3ccc(Cl)cc23)CC1. The summed E-state index contributed by atoms with van der Waals surface area (Å²) in [5.74, 6) is -0.219. The third-order valence-corrected chi connectivity index (χ3v) is 7.57. The van der Waals surface area contributed by atoms with Gasteiger partial charge in [0.05, 0.1) is 27.0 Å². The first-order valence-corrected chi connectivity index (χ1v) is 12.9. The van der Waals surface area contributed by atoms with E-state index in [-0.39, 0.29) is 43.7 Å². The zero-order valence-electron chi connectivity index (χ0n) is 19.9. The Morgan fingerprint density at radius 2 is 1.59 bits per heavy atom. The van der Waals surface area contributed by atoms with Crippen LogP contribution in [0.3, 0.4) is 0 Å². The van der Waals surface area contributed by atoms with Crippen LogP contribution in [0.15, 0.2) is 71.5 Å². The Hall–Kier alpha value is -3.59. The Bertz CT molecular complexity index is 1620. The molecule has 2 heterocycles. The minimum Gasteiger partial charge on any atom is -0.362 e. The van der Waals surface area contributed by atoms with Gasteiger partial charge in [-0.25, -0.2) is 0 Å². The van der Waals surface area contributed by atoms with Gasteiger partial charge in [-0.15, -0.1) is 0 Å². The van der Waals surface area contributed by atoms with Crippen LogP contribution in [-0.4, -0.2) is 46.5 Å². The largest absolute Gasteiger partial charge is 0.362 e. The molecule has 202 valence electrons. The molecule has 8 nitrogen and oxygen atoms in total. The summed E-state index contributed by atoms with van der Waals surface area (Å²) in [7, 11) is 0. The average molecular weight is 588 g/mol. The number of amides is 1. The van der Waals surface area contributed by atoms with E-state index >= 15 is 0 Å². The number of pyridine rings is 1. The van der Waals surface area contributed by atoms with E-state index in [1.807, 2.05) is 30.3 Å². The number of aromatic nitrogens is 1. The van der Waals surface area contributed by atoms with Crippen molar-refractivity contribution in [3.05, 3.63) is 113 Å². The summed E-state index contributed by atoms with van der Waals surface area (Å²) in [6.45, 7) is 1.34. The molecule has 1 fully saturated rings. The molecular weight excluding hydrogens is 563 g/mol. The molecule has 1 amide bonds. The number of halogens is 3. The number of fused-ring (bicyclic) bond motifs is 1. The van der Waals surface area contributed by atoms with Gasteiger partial charge in [0, 0.05) is 42.2 Å². The minimum atomic E-state index is -0.696. The van der Waals surface area contributed by atoms with Crippen LogP contribution < -0.4 is 10.5 Å². The molecule has 0 N–H and O–H groups in total. The highest BCUT2D eigenvalue weighted by Crippen LogP contribution is 2.36. The Morgan fingerprint density at radius 3 is 2.23 bits per heavy atom. The highest BCUT2D eigenvalue weighted by atomic mass is 35.5. The monoisotopic (exact) mass is 586 g/mol. The van der Waals surface area contributed by atoms with Crippen LogP contribution in [0.25, 0.3) is 10.9 Å². The van der Waals surface area contributed by atoms with Crippen molar-refractivity contribution in [1.29, 1.82) is 0 Å². The quantitative estimate of drug-likeness (QED) is 0.196. The molecule has 0 saturated carbocycles. The molecule has 39 heavy (non-hydrogen) atoms. The molecule has 1 saturated heterocycles. The first-order valence-electron chi connectivity index (χ1n) is 11.8. The van der Waals surface area contributed by atoms with E-state index in [4.69, 9.17) is 34.8 Å². The number of anilines is 1. The summed E-state index contributed by atoms with van der Waals surface area (Å²) in [5.41, 5.74) is 0.779. The number of carbonyl (C=O) groups excluding carboxylic acids is 1. The molecule has 11 heteroatoms. The molecule has 0 unspecified atom stereocenters. The van der Waals surface area contributed by atoms with Crippen molar-refractivity contribution in [3.8, 4) is 0 Å². The van der Waals surface area contributed by atoms with Gasteiger partial charge in [-0.2, -0.15) is 0 Å². The van der Waals surface area contributed by atoms with Crippen LogP contribution in [0.4, 0.5) is 11.4 Å². The zero-order chi connectivity index (χ0) is 27.0. The van der Waals surface area contributed by atoms with Crippen LogP contribution in [0.1, 0.15) is 23.3 Å². The summed E-state index contributed by atoms with van der Waals surface area (Å²) in [4.78, 5) is 41.7. The summed E-state index contributed by atoms with van der Waals surface area (Å²) in [5, 5.41) is 13.8. The predicted molar refractivity (Wildman–Crippen MR) is 157 cm³/mol. The van der Waals surface area contributed by atoms with E-state index in [0.717, 1.165) is 5.56 Å². The van der Waals surface area contributed by atoms with Crippen LogP contribution in [0.2, 0.25) is 15.1 Å². The molecule has 0 aliphatic carbocycles. The topological polar surface area (TPSA) is 88.7 Å². The number of piperazine rings is 1. The normalized spacial score (nSPS) is 13.3. The maximum absolute atomic E-state index is 13.6. The van der Waals surface area contributed by atoms with Gasteiger partial charge in [0.15, 0.2) is 0 Å². The number of carbonyl (C=O) groups is 1. The number of benzene rings is 3. The van der Waals surface area contributed by atoms with Crippen molar-refractivity contribution in [2.45, 2.75) is 14.0 Å². The van der Waals surface area contributed by atoms with Gasteiger partial charge >= 0.3 is 11.2 Å². The lowest BCUT2D eigenvalue weighted by Gasteiger charge is -2.36. The number of nitrogens with zero attached hydrogens (tertiary/aromatic N) is 4. The Morgan fingerprint density at radius 1 is 0.897 bits per heavy atom. The summed E-state index contributed by atoms with van der Waals surface area (Å²) < 4.78 is 1.41. The fourth-order valence-corrected chi connectivity index (χ4v) is 5.22. The lowest BCUT2D eigenvalue weighted by Crippen LogP contribution is -2.49. The predicted octanol–water partition coefficient (Wildman–Crippen LogP) is 6.52. The van der Waals surface area contributed by atoms with E-state index in [2.05, 4.69) is 0 Å². The number of hydrogen-bond acceptors (Lipinski definition) is 5. The van der Waals surface area contributed by atoms with Crippen LogP contribution in [0, 0.1) is 10.1 Å². The first-order chi connectivity index (χ1) is 18.2. The Balaban J connectivity index is 0.00000353. The molecule has 0 radical (unpaired) electrons. The number of rotatable bonds is 5. The fourth-order valence-electron chi connectivity index (χ4n) is 4.75. The van der Waals surface area contributed by atoms with Crippen molar-refractivity contribution >= 4 is 63.0 Å². The molecule has 4 aromatic rings. The van der Waals surface area contributed by atoms with E-state index in [1.165, 1.54) is 10.6 Å². The molecule has 0 spiro atoms.